The molecule has 1 saturated heterocycles. The van der Waals surface area contributed by atoms with Crippen molar-refractivity contribution in [3.05, 3.63) is 0 Å². The van der Waals surface area contributed by atoms with E-state index in [0.29, 0.717) is 5.92 Å². The molecule has 2 atom stereocenters. The number of carbonyl (C=O) groups is 1. The Morgan fingerprint density at radius 1 is 1.75 bits per heavy atom. The lowest BCUT2D eigenvalue weighted by atomic mass is 10.0. The highest BCUT2D eigenvalue weighted by Gasteiger charge is 2.24. The van der Waals surface area contributed by atoms with Gasteiger partial charge >= 0.3 is 6.03 Å². The third kappa shape index (κ3) is 2.37. The zero-order valence-corrected chi connectivity index (χ0v) is 7.49. The maximum absolute atomic E-state index is 10.7. The first kappa shape index (κ1) is 9.32. The number of rotatable bonds is 2. The van der Waals surface area contributed by atoms with Gasteiger partial charge in [-0.25, -0.2) is 4.79 Å². The fourth-order valence-electron chi connectivity index (χ4n) is 1.75. The van der Waals surface area contributed by atoms with Gasteiger partial charge in [-0.3, -0.25) is 0 Å². The summed E-state index contributed by atoms with van der Waals surface area (Å²) in [7, 11) is 0. The molecule has 70 valence electrons. The minimum Gasteiger partial charge on any atom is -0.351 e. The second kappa shape index (κ2) is 3.76. The summed E-state index contributed by atoms with van der Waals surface area (Å²) in [6, 6.07) is -0.0787. The highest BCUT2D eigenvalue weighted by Crippen LogP contribution is 2.19. The number of amides is 2. The summed E-state index contributed by atoms with van der Waals surface area (Å²) in [5.41, 5.74) is 10.8. The highest BCUT2D eigenvalue weighted by atomic mass is 16.2. The summed E-state index contributed by atoms with van der Waals surface area (Å²) in [4.78, 5) is 12.4. The van der Waals surface area contributed by atoms with Crippen LogP contribution in [0, 0.1) is 5.92 Å². The molecule has 0 aromatic rings. The normalized spacial score (nSPS) is 25.8. The maximum Gasteiger partial charge on any atom is 0.314 e. The minimum absolute atomic E-state index is 0.225. The molecule has 1 aliphatic heterocycles. The molecule has 0 spiro atoms. The van der Waals surface area contributed by atoms with E-state index in [1.54, 1.807) is 4.90 Å². The summed E-state index contributed by atoms with van der Waals surface area (Å²) in [6.45, 7) is 3.58. The van der Waals surface area contributed by atoms with Gasteiger partial charge in [-0.05, 0) is 25.7 Å². The van der Waals surface area contributed by atoms with Crippen LogP contribution in [0.4, 0.5) is 4.79 Å². The Kier molecular flexibility index (Phi) is 2.92. The average molecular weight is 171 g/mol. The molecule has 1 rings (SSSR count). The number of hydrogen-bond acceptors (Lipinski definition) is 2. The Bertz CT molecular complexity index is 170. The quantitative estimate of drug-likeness (QED) is 0.619. The Morgan fingerprint density at radius 2 is 2.42 bits per heavy atom. The molecule has 0 aromatic heterocycles. The van der Waals surface area contributed by atoms with Crippen molar-refractivity contribution in [2.45, 2.75) is 25.8 Å². The number of likely N-dealkylation sites (tertiary alicyclic amines) is 1. The van der Waals surface area contributed by atoms with Gasteiger partial charge in [0, 0.05) is 19.1 Å². The predicted molar refractivity (Wildman–Crippen MR) is 47.5 cm³/mol. The molecular formula is C8H17N3O. The topological polar surface area (TPSA) is 72.3 Å². The van der Waals surface area contributed by atoms with Gasteiger partial charge in [-0.2, -0.15) is 0 Å². The molecule has 4 nitrogen and oxygen atoms in total. The van der Waals surface area contributed by atoms with Crippen LogP contribution in [0.1, 0.15) is 19.8 Å². The number of carbonyl (C=O) groups excluding carboxylic acids is 1. The fraction of sp³-hybridized carbons (Fsp3) is 0.875. The molecule has 4 heteroatoms. The van der Waals surface area contributed by atoms with Gasteiger partial charge < -0.3 is 16.4 Å². The van der Waals surface area contributed by atoms with Crippen molar-refractivity contribution >= 4 is 6.03 Å². The molecule has 2 unspecified atom stereocenters. The molecule has 0 radical (unpaired) electrons. The van der Waals surface area contributed by atoms with Crippen molar-refractivity contribution in [2.75, 3.05) is 13.1 Å². The SMILES string of the molecule is CC(N)CC1CCN(C(N)=O)C1. The minimum atomic E-state index is -0.304. The van der Waals surface area contributed by atoms with Gasteiger partial charge in [0.25, 0.3) is 0 Å². The van der Waals surface area contributed by atoms with Gasteiger partial charge in [0.2, 0.25) is 0 Å². The van der Waals surface area contributed by atoms with Crippen molar-refractivity contribution in [3.8, 4) is 0 Å². The first-order valence-electron chi connectivity index (χ1n) is 4.39. The van der Waals surface area contributed by atoms with E-state index in [2.05, 4.69) is 0 Å². The molecule has 1 heterocycles. The van der Waals surface area contributed by atoms with Crippen molar-refractivity contribution in [3.63, 3.8) is 0 Å². The summed E-state index contributed by atoms with van der Waals surface area (Å²) in [5, 5.41) is 0. The Balaban J connectivity index is 2.30. The molecule has 1 aliphatic rings. The fourth-order valence-corrected chi connectivity index (χ4v) is 1.75. The van der Waals surface area contributed by atoms with E-state index in [9.17, 15) is 4.79 Å². The van der Waals surface area contributed by atoms with Gasteiger partial charge in [-0.15, -0.1) is 0 Å². The molecule has 2 amide bonds. The van der Waals surface area contributed by atoms with E-state index in [1.165, 1.54) is 0 Å². The van der Waals surface area contributed by atoms with E-state index in [1.807, 2.05) is 6.92 Å². The van der Waals surface area contributed by atoms with Crippen molar-refractivity contribution in [1.29, 1.82) is 0 Å². The average Bonchev–Trinajstić information content (AvgIpc) is 2.34. The van der Waals surface area contributed by atoms with E-state index < -0.39 is 0 Å². The predicted octanol–water partition coefficient (Wildman–Crippen LogP) is 0.124. The van der Waals surface area contributed by atoms with Crippen molar-refractivity contribution in [1.82, 2.24) is 4.90 Å². The number of hydrogen-bond donors (Lipinski definition) is 2. The summed E-state index contributed by atoms with van der Waals surface area (Å²) >= 11 is 0. The monoisotopic (exact) mass is 171 g/mol. The molecule has 1 fully saturated rings. The van der Waals surface area contributed by atoms with Gasteiger partial charge in [-0.1, -0.05) is 0 Å². The van der Waals surface area contributed by atoms with E-state index in [-0.39, 0.29) is 12.1 Å². The van der Waals surface area contributed by atoms with Crippen LogP contribution in [0.15, 0.2) is 0 Å². The lowest BCUT2D eigenvalue weighted by molar-refractivity contribution is 0.216. The van der Waals surface area contributed by atoms with Crippen LogP contribution >= 0.6 is 0 Å². The van der Waals surface area contributed by atoms with E-state index in [4.69, 9.17) is 11.5 Å². The van der Waals surface area contributed by atoms with Crippen LogP contribution in [0.2, 0.25) is 0 Å². The second-order valence-corrected chi connectivity index (χ2v) is 3.65. The van der Waals surface area contributed by atoms with Crippen LogP contribution in [-0.2, 0) is 0 Å². The summed E-state index contributed by atoms with van der Waals surface area (Å²) in [6.07, 6.45) is 2.04. The van der Waals surface area contributed by atoms with Crippen LogP contribution < -0.4 is 11.5 Å². The van der Waals surface area contributed by atoms with Gasteiger partial charge in [0.05, 0.1) is 0 Å². The molecule has 0 saturated carbocycles. The Hall–Kier alpha value is -0.770. The van der Waals surface area contributed by atoms with E-state index >= 15 is 0 Å². The first-order chi connectivity index (χ1) is 5.59. The van der Waals surface area contributed by atoms with Gasteiger partial charge in [0.1, 0.15) is 0 Å². The highest BCUT2D eigenvalue weighted by molar-refractivity contribution is 5.72. The Labute approximate surface area is 72.9 Å². The molecule has 0 bridgehead atoms. The zero-order valence-electron chi connectivity index (χ0n) is 7.49. The molecule has 0 aromatic carbocycles. The summed E-state index contributed by atoms with van der Waals surface area (Å²) < 4.78 is 0. The van der Waals surface area contributed by atoms with Crippen molar-refractivity contribution in [2.24, 2.45) is 17.4 Å². The molecular weight excluding hydrogens is 154 g/mol. The number of urea groups is 1. The standard InChI is InChI=1S/C8H17N3O/c1-6(9)4-7-2-3-11(5-7)8(10)12/h6-7H,2-5,9H2,1H3,(H2,10,12). The lowest BCUT2D eigenvalue weighted by Gasteiger charge is -2.14. The van der Waals surface area contributed by atoms with Crippen LogP contribution in [0.3, 0.4) is 0 Å². The molecule has 12 heavy (non-hydrogen) atoms. The first-order valence-corrected chi connectivity index (χ1v) is 4.39. The second-order valence-electron chi connectivity index (χ2n) is 3.65. The van der Waals surface area contributed by atoms with Crippen LogP contribution in [0.25, 0.3) is 0 Å². The maximum atomic E-state index is 10.7. The Morgan fingerprint density at radius 3 is 2.83 bits per heavy atom. The van der Waals surface area contributed by atoms with Crippen LogP contribution in [0.5, 0.6) is 0 Å². The third-order valence-corrected chi connectivity index (χ3v) is 2.30. The number of nitrogens with zero attached hydrogens (tertiary/aromatic N) is 1. The van der Waals surface area contributed by atoms with E-state index in [0.717, 1.165) is 25.9 Å². The number of nitrogens with two attached hydrogens (primary N) is 2. The third-order valence-electron chi connectivity index (χ3n) is 2.30. The smallest absolute Gasteiger partial charge is 0.314 e. The number of primary amides is 1. The molecule has 0 aliphatic carbocycles. The zero-order chi connectivity index (χ0) is 9.14. The van der Waals surface area contributed by atoms with Crippen molar-refractivity contribution < 1.29 is 4.79 Å². The summed E-state index contributed by atoms with van der Waals surface area (Å²) in [5.74, 6) is 0.553. The largest absolute Gasteiger partial charge is 0.351 e. The van der Waals surface area contributed by atoms with Crippen LogP contribution in [-0.4, -0.2) is 30.1 Å². The van der Waals surface area contributed by atoms with Gasteiger partial charge in [0.15, 0.2) is 0 Å². The molecule has 4 N–H and O–H groups in total. The lowest BCUT2D eigenvalue weighted by Crippen LogP contribution is -2.34.